The minimum absolute atomic E-state index is 0.0545. The van der Waals surface area contributed by atoms with Crippen LogP contribution >= 0.6 is 0 Å². The van der Waals surface area contributed by atoms with Crippen molar-refractivity contribution in [2.45, 2.75) is 37.5 Å². The molecule has 1 saturated carbocycles. The van der Waals surface area contributed by atoms with Gasteiger partial charge < -0.3 is 14.1 Å². The highest BCUT2D eigenvalue weighted by Crippen LogP contribution is 2.40. The topological polar surface area (TPSA) is 68.5 Å². The first-order chi connectivity index (χ1) is 14.3. The number of likely N-dealkylation sites (tertiary alicyclic amines) is 1. The van der Waals surface area contributed by atoms with Gasteiger partial charge in [-0.1, -0.05) is 18.2 Å². The van der Waals surface area contributed by atoms with Crippen molar-refractivity contribution in [3.05, 3.63) is 71.9 Å². The van der Waals surface area contributed by atoms with Crippen molar-refractivity contribution >= 4 is 5.91 Å². The van der Waals surface area contributed by atoms with Crippen LogP contribution in [0.3, 0.4) is 0 Å². The third kappa shape index (κ3) is 4.01. The quantitative estimate of drug-likeness (QED) is 0.629. The fraction of sp³-hybridized carbons (Fsp3) is 0.348. The van der Waals surface area contributed by atoms with E-state index >= 15 is 0 Å². The highest BCUT2D eigenvalue weighted by Gasteiger charge is 2.32. The first-order valence-electron chi connectivity index (χ1n) is 10.2. The third-order valence-corrected chi connectivity index (χ3v) is 5.59. The number of rotatable bonds is 5. The van der Waals surface area contributed by atoms with E-state index in [0.29, 0.717) is 30.3 Å². The maximum Gasteiger partial charge on any atom is 0.253 e. The fourth-order valence-corrected chi connectivity index (χ4v) is 3.71. The van der Waals surface area contributed by atoms with Crippen LogP contribution in [0, 0.1) is 0 Å². The molecule has 3 aromatic rings. The minimum atomic E-state index is 0.0545. The van der Waals surface area contributed by atoms with Crippen molar-refractivity contribution in [1.82, 2.24) is 15.1 Å². The van der Waals surface area contributed by atoms with Gasteiger partial charge in [-0.05, 0) is 62.1 Å². The number of ether oxygens (including phenoxy) is 1. The van der Waals surface area contributed by atoms with E-state index < -0.39 is 0 Å². The van der Waals surface area contributed by atoms with E-state index in [1.807, 2.05) is 59.5 Å². The smallest absolute Gasteiger partial charge is 0.253 e. The number of amides is 1. The minimum Gasteiger partial charge on any atom is -0.457 e. The molecule has 0 N–H and O–H groups in total. The van der Waals surface area contributed by atoms with Crippen molar-refractivity contribution in [2.24, 2.45) is 0 Å². The molecule has 5 rings (SSSR count). The van der Waals surface area contributed by atoms with Gasteiger partial charge >= 0.3 is 0 Å². The molecule has 29 heavy (non-hydrogen) atoms. The highest BCUT2D eigenvalue weighted by molar-refractivity contribution is 5.94. The zero-order valence-corrected chi connectivity index (χ0v) is 16.2. The van der Waals surface area contributed by atoms with Crippen molar-refractivity contribution in [3.63, 3.8) is 0 Å². The molecule has 148 valence electrons. The van der Waals surface area contributed by atoms with Crippen LogP contribution in [0.2, 0.25) is 0 Å². The molecule has 2 aliphatic rings. The van der Waals surface area contributed by atoms with Crippen LogP contribution in [-0.4, -0.2) is 34.1 Å². The van der Waals surface area contributed by atoms with Crippen molar-refractivity contribution in [3.8, 4) is 11.5 Å². The molecule has 0 spiro atoms. The maximum atomic E-state index is 12.8. The molecule has 0 radical (unpaired) electrons. The van der Waals surface area contributed by atoms with Gasteiger partial charge in [-0.2, -0.15) is 0 Å². The van der Waals surface area contributed by atoms with Gasteiger partial charge in [-0.25, -0.2) is 0 Å². The zero-order chi connectivity index (χ0) is 19.6. The molecular formula is C23H23N3O3. The molecule has 1 amide bonds. The van der Waals surface area contributed by atoms with Gasteiger partial charge in [0.1, 0.15) is 11.5 Å². The second kappa shape index (κ2) is 7.70. The van der Waals surface area contributed by atoms with E-state index in [9.17, 15) is 4.79 Å². The van der Waals surface area contributed by atoms with E-state index in [2.05, 4.69) is 10.2 Å². The summed E-state index contributed by atoms with van der Waals surface area (Å²) in [5, 5.41) is 8.42. The molecule has 1 aliphatic carbocycles. The van der Waals surface area contributed by atoms with Gasteiger partial charge in [0, 0.05) is 30.5 Å². The van der Waals surface area contributed by atoms with E-state index in [1.54, 1.807) is 0 Å². The molecule has 2 fully saturated rings. The van der Waals surface area contributed by atoms with E-state index in [1.165, 1.54) is 0 Å². The van der Waals surface area contributed by atoms with E-state index in [0.717, 1.165) is 43.2 Å². The lowest BCUT2D eigenvalue weighted by molar-refractivity contribution is 0.0706. The summed E-state index contributed by atoms with van der Waals surface area (Å²) in [6, 6.07) is 16.9. The molecule has 2 aromatic carbocycles. The van der Waals surface area contributed by atoms with Crippen molar-refractivity contribution < 1.29 is 13.9 Å². The van der Waals surface area contributed by atoms with E-state index in [4.69, 9.17) is 9.15 Å². The number of hydrogen-bond donors (Lipinski definition) is 0. The van der Waals surface area contributed by atoms with Gasteiger partial charge in [-0.15, -0.1) is 10.2 Å². The molecule has 1 aromatic heterocycles. The number of carbonyl (C=O) groups is 1. The normalized spacial score (nSPS) is 17.3. The number of nitrogens with zero attached hydrogens (tertiary/aromatic N) is 3. The first-order valence-corrected chi connectivity index (χ1v) is 10.2. The first kappa shape index (κ1) is 17.9. The Bertz CT molecular complexity index is 972. The molecule has 6 nitrogen and oxygen atoms in total. The summed E-state index contributed by atoms with van der Waals surface area (Å²) in [6.07, 6.45) is 4.02. The lowest BCUT2D eigenvalue weighted by Gasteiger charge is -2.30. The number of aromatic nitrogens is 2. The number of para-hydroxylation sites is 1. The number of carbonyl (C=O) groups excluding carboxylic acids is 1. The van der Waals surface area contributed by atoms with Gasteiger partial charge in [0.2, 0.25) is 11.8 Å². The average Bonchev–Trinajstić information content (AvgIpc) is 3.51. The monoisotopic (exact) mass is 389 g/mol. The van der Waals surface area contributed by atoms with E-state index in [-0.39, 0.29) is 11.8 Å². The SMILES string of the molecule is O=C(c1ccc(Oc2ccccc2)cc1)N1CCC(c2nnc(C3CC3)o2)CC1. The predicted molar refractivity (Wildman–Crippen MR) is 107 cm³/mol. The van der Waals surface area contributed by atoms with Gasteiger partial charge in [0.25, 0.3) is 5.91 Å². The Kier molecular flexibility index (Phi) is 4.76. The Morgan fingerprint density at radius 2 is 1.41 bits per heavy atom. The zero-order valence-electron chi connectivity index (χ0n) is 16.2. The highest BCUT2D eigenvalue weighted by atomic mass is 16.5. The van der Waals surface area contributed by atoms with Crippen LogP contribution in [0.5, 0.6) is 11.5 Å². The summed E-state index contributed by atoms with van der Waals surface area (Å²) in [6.45, 7) is 1.40. The Morgan fingerprint density at radius 3 is 2.03 bits per heavy atom. The third-order valence-electron chi connectivity index (χ3n) is 5.59. The molecule has 0 bridgehead atoms. The summed E-state index contributed by atoms with van der Waals surface area (Å²) in [7, 11) is 0. The number of piperidine rings is 1. The second-order valence-electron chi connectivity index (χ2n) is 7.76. The second-order valence-corrected chi connectivity index (χ2v) is 7.76. The van der Waals surface area contributed by atoms with Gasteiger partial charge in [-0.3, -0.25) is 4.79 Å². The van der Waals surface area contributed by atoms with Gasteiger partial charge in [0.05, 0.1) is 0 Å². The van der Waals surface area contributed by atoms with Crippen LogP contribution in [0.15, 0.2) is 59.0 Å². The van der Waals surface area contributed by atoms with Crippen LogP contribution in [0.1, 0.15) is 59.7 Å². The van der Waals surface area contributed by atoms with Crippen LogP contribution < -0.4 is 4.74 Å². The lowest BCUT2D eigenvalue weighted by Crippen LogP contribution is -2.38. The Hall–Kier alpha value is -3.15. The Morgan fingerprint density at radius 1 is 0.828 bits per heavy atom. The largest absolute Gasteiger partial charge is 0.457 e. The van der Waals surface area contributed by atoms with Crippen molar-refractivity contribution in [1.29, 1.82) is 0 Å². The van der Waals surface area contributed by atoms with Gasteiger partial charge in [0.15, 0.2) is 0 Å². The summed E-state index contributed by atoms with van der Waals surface area (Å²) in [5.41, 5.74) is 0.678. The lowest BCUT2D eigenvalue weighted by atomic mass is 9.96. The summed E-state index contributed by atoms with van der Waals surface area (Å²) in [5.74, 6) is 3.80. The molecular weight excluding hydrogens is 366 g/mol. The average molecular weight is 389 g/mol. The molecule has 1 saturated heterocycles. The summed E-state index contributed by atoms with van der Waals surface area (Å²) < 4.78 is 11.6. The standard InChI is InChI=1S/C23H23N3O3/c27-23(18-8-10-20(11-9-18)28-19-4-2-1-3-5-19)26-14-12-17(13-15-26)22-25-24-21(29-22)16-6-7-16/h1-5,8-11,16-17H,6-7,12-15H2. The molecule has 2 heterocycles. The molecule has 0 unspecified atom stereocenters. The van der Waals surface area contributed by atoms with Crippen LogP contribution in [0.25, 0.3) is 0 Å². The number of hydrogen-bond acceptors (Lipinski definition) is 5. The van der Waals surface area contributed by atoms with Crippen molar-refractivity contribution in [2.75, 3.05) is 13.1 Å². The Labute approximate surface area is 169 Å². The summed E-state index contributed by atoms with van der Waals surface area (Å²) >= 11 is 0. The predicted octanol–water partition coefficient (Wildman–Crippen LogP) is 4.76. The van der Waals surface area contributed by atoms with Crippen LogP contribution in [-0.2, 0) is 0 Å². The molecule has 0 atom stereocenters. The number of benzene rings is 2. The molecule has 1 aliphatic heterocycles. The maximum absolute atomic E-state index is 12.8. The van der Waals surface area contributed by atoms with Crippen LogP contribution in [0.4, 0.5) is 0 Å². The molecule has 6 heteroatoms. The summed E-state index contributed by atoms with van der Waals surface area (Å²) in [4.78, 5) is 14.8. The Balaban J connectivity index is 1.18. The fourth-order valence-electron chi connectivity index (χ4n) is 3.71.